The molecule has 1 aliphatic rings. The predicted octanol–water partition coefficient (Wildman–Crippen LogP) is 2.40. The zero-order valence-corrected chi connectivity index (χ0v) is 8.43. The molecule has 2 unspecified atom stereocenters. The SMILES string of the molecule is CC(C)(C)C1ON1C(C)(C)C. The van der Waals surface area contributed by atoms with Crippen molar-refractivity contribution in [1.82, 2.24) is 5.06 Å². The van der Waals surface area contributed by atoms with E-state index >= 15 is 0 Å². The first kappa shape index (κ1) is 9.01. The van der Waals surface area contributed by atoms with E-state index in [0.29, 0.717) is 6.23 Å². The molecule has 0 radical (unpaired) electrons. The van der Waals surface area contributed by atoms with Crippen LogP contribution in [0.5, 0.6) is 0 Å². The molecule has 1 fully saturated rings. The van der Waals surface area contributed by atoms with Crippen molar-refractivity contribution in [2.24, 2.45) is 5.41 Å². The lowest BCUT2D eigenvalue weighted by atomic mass is 9.94. The molecule has 2 heteroatoms. The number of hydrogen-bond acceptors (Lipinski definition) is 2. The van der Waals surface area contributed by atoms with Gasteiger partial charge in [0.05, 0.1) is 0 Å². The first-order valence-electron chi connectivity index (χ1n) is 4.19. The minimum absolute atomic E-state index is 0.151. The Balaban J connectivity index is 2.51. The van der Waals surface area contributed by atoms with Gasteiger partial charge in [0.25, 0.3) is 0 Å². The summed E-state index contributed by atoms with van der Waals surface area (Å²) in [6, 6.07) is 0. The van der Waals surface area contributed by atoms with Crippen LogP contribution >= 0.6 is 0 Å². The van der Waals surface area contributed by atoms with Crippen LogP contribution in [0.4, 0.5) is 0 Å². The fraction of sp³-hybridized carbons (Fsp3) is 1.00. The van der Waals surface area contributed by atoms with Crippen LogP contribution in [0.2, 0.25) is 0 Å². The summed E-state index contributed by atoms with van der Waals surface area (Å²) in [4.78, 5) is 5.48. The van der Waals surface area contributed by atoms with Gasteiger partial charge in [0.2, 0.25) is 0 Å². The van der Waals surface area contributed by atoms with Crippen molar-refractivity contribution in [3.63, 3.8) is 0 Å². The number of nitrogens with zero attached hydrogens (tertiary/aromatic N) is 1. The minimum Gasteiger partial charge on any atom is -0.274 e. The fourth-order valence-electron chi connectivity index (χ4n) is 1.10. The average molecular weight is 157 g/mol. The van der Waals surface area contributed by atoms with E-state index < -0.39 is 0 Å². The molecule has 0 amide bonds. The van der Waals surface area contributed by atoms with E-state index in [1.54, 1.807) is 0 Å². The molecule has 66 valence electrons. The summed E-state index contributed by atoms with van der Waals surface area (Å²) in [5.41, 5.74) is 0.394. The summed E-state index contributed by atoms with van der Waals surface area (Å²) >= 11 is 0. The van der Waals surface area contributed by atoms with Crippen LogP contribution in [-0.4, -0.2) is 16.8 Å². The Morgan fingerprint density at radius 3 is 1.55 bits per heavy atom. The molecular weight excluding hydrogens is 138 g/mol. The number of rotatable bonds is 0. The highest BCUT2D eigenvalue weighted by molar-refractivity contribution is 4.87. The van der Waals surface area contributed by atoms with Gasteiger partial charge in [0, 0.05) is 11.0 Å². The molecular formula is C9H19NO. The fourth-order valence-corrected chi connectivity index (χ4v) is 1.10. The van der Waals surface area contributed by atoms with Crippen molar-refractivity contribution < 1.29 is 4.84 Å². The van der Waals surface area contributed by atoms with Crippen LogP contribution < -0.4 is 0 Å². The zero-order chi connectivity index (χ0) is 8.86. The lowest BCUT2D eigenvalue weighted by Crippen LogP contribution is -2.31. The molecule has 11 heavy (non-hydrogen) atoms. The van der Waals surface area contributed by atoms with Gasteiger partial charge in [-0.2, -0.15) is 5.06 Å². The molecule has 0 aromatic heterocycles. The second-order valence-electron chi connectivity index (χ2n) is 5.32. The maximum atomic E-state index is 5.48. The predicted molar refractivity (Wildman–Crippen MR) is 45.9 cm³/mol. The second kappa shape index (κ2) is 2.20. The third-order valence-corrected chi connectivity index (χ3v) is 1.78. The maximum absolute atomic E-state index is 5.48. The van der Waals surface area contributed by atoms with E-state index in [4.69, 9.17) is 4.84 Å². The van der Waals surface area contributed by atoms with Gasteiger partial charge in [-0.3, -0.25) is 4.84 Å². The van der Waals surface area contributed by atoms with Crippen LogP contribution in [0.3, 0.4) is 0 Å². The largest absolute Gasteiger partial charge is 0.274 e. The first-order valence-corrected chi connectivity index (χ1v) is 4.19. The Labute approximate surface area is 69.5 Å². The molecule has 0 N–H and O–H groups in total. The van der Waals surface area contributed by atoms with Crippen molar-refractivity contribution in [2.75, 3.05) is 0 Å². The lowest BCUT2D eigenvalue weighted by Gasteiger charge is -2.20. The van der Waals surface area contributed by atoms with Gasteiger partial charge in [0.15, 0.2) is 6.23 Å². The maximum Gasteiger partial charge on any atom is 0.160 e. The molecule has 1 heterocycles. The molecule has 0 aromatic carbocycles. The van der Waals surface area contributed by atoms with Crippen LogP contribution in [0.25, 0.3) is 0 Å². The molecule has 0 aromatic rings. The van der Waals surface area contributed by atoms with Crippen molar-refractivity contribution in [3.05, 3.63) is 0 Å². The Morgan fingerprint density at radius 1 is 1.00 bits per heavy atom. The van der Waals surface area contributed by atoms with Crippen molar-refractivity contribution >= 4 is 0 Å². The summed E-state index contributed by atoms with van der Waals surface area (Å²) in [6.45, 7) is 13.1. The second-order valence-corrected chi connectivity index (χ2v) is 5.32. The normalized spacial score (nSPS) is 32.2. The van der Waals surface area contributed by atoms with Crippen molar-refractivity contribution in [2.45, 2.75) is 53.3 Å². The molecule has 1 saturated heterocycles. The molecule has 2 atom stereocenters. The molecule has 2 nitrogen and oxygen atoms in total. The zero-order valence-electron chi connectivity index (χ0n) is 8.43. The van der Waals surface area contributed by atoms with Gasteiger partial charge < -0.3 is 0 Å². The number of hydroxylamine groups is 2. The van der Waals surface area contributed by atoms with E-state index in [2.05, 4.69) is 46.6 Å². The van der Waals surface area contributed by atoms with Gasteiger partial charge in [0.1, 0.15) is 0 Å². The van der Waals surface area contributed by atoms with Crippen LogP contribution in [0.1, 0.15) is 41.5 Å². The average Bonchev–Trinajstić information content (AvgIpc) is 2.30. The monoisotopic (exact) mass is 157 g/mol. The smallest absolute Gasteiger partial charge is 0.160 e. The standard InChI is InChI=1S/C9H19NO/c1-8(2,3)7-10(11-7)9(4,5)6/h7H,1-6H3. The third kappa shape index (κ3) is 1.94. The Bertz CT molecular complexity index is 134. The van der Waals surface area contributed by atoms with Gasteiger partial charge in [-0.25, -0.2) is 0 Å². The Morgan fingerprint density at radius 2 is 1.45 bits per heavy atom. The minimum atomic E-state index is 0.151. The molecule has 0 saturated carbocycles. The quantitative estimate of drug-likeness (QED) is 0.502. The molecule has 0 spiro atoms. The number of hydrogen-bond donors (Lipinski definition) is 0. The molecule has 0 aliphatic carbocycles. The molecule has 1 aliphatic heterocycles. The highest BCUT2D eigenvalue weighted by Gasteiger charge is 2.51. The van der Waals surface area contributed by atoms with E-state index in [1.807, 2.05) is 0 Å². The van der Waals surface area contributed by atoms with Crippen molar-refractivity contribution in [3.8, 4) is 0 Å². The molecule has 1 rings (SSSR count). The molecule has 0 bridgehead atoms. The lowest BCUT2D eigenvalue weighted by molar-refractivity contribution is 0.101. The van der Waals surface area contributed by atoms with E-state index in [1.165, 1.54) is 0 Å². The van der Waals surface area contributed by atoms with E-state index in [9.17, 15) is 0 Å². The van der Waals surface area contributed by atoms with E-state index in [-0.39, 0.29) is 11.0 Å². The topological polar surface area (TPSA) is 15.5 Å². The summed E-state index contributed by atoms with van der Waals surface area (Å²) in [5.74, 6) is 0. The van der Waals surface area contributed by atoms with Crippen LogP contribution in [-0.2, 0) is 4.84 Å². The third-order valence-electron chi connectivity index (χ3n) is 1.78. The van der Waals surface area contributed by atoms with Gasteiger partial charge in [-0.15, -0.1) is 0 Å². The first-order chi connectivity index (χ1) is 4.73. The van der Waals surface area contributed by atoms with Crippen molar-refractivity contribution in [1.29, 1.82) is 0 Å². The summed E-state index contributed by atoms with van der Waals surface area (Å²) in [5, 5.41) is 2.06. The Kier molecular flexibility index (Phi) is 1.81. The van der Waals surface area contributed by atoms with Gasteiger partial charge in [-0.05, 0) is 20.8 Å². The summed E-state index contributed by atoms with van der Waals surface area (Å²) in [6.07, 6.45) is 0.308. The van der Waals surface area contributed by atoms with Crippen LogP contribution in [0, 0.1) is 5.41 Å². The summed E-state index contributed by atoms with van der Waals surface area (Å²) < 4.78 is 0. The Hall–Kier alpha value is -0.0800. The highest BCUT2D eigenvalue weighted by Crippen LogP contribution is 2.41. The van der Waals surface area contributed by atoms with E-state index in [0.717, 1.165) is 0 Å². The van der Waals surface area contributed by atoms with Crippen LogP contribution in [0.15, 0.2) is 0 Å². The van der Waals surface area contributed by atoms with Gasteiger partial charge in [-0.1, -0.05) is 20.8 Å². The highest BCUT2D eigenvalue weighted by atomic mass is 16.8. The van der Waals surface area contributed by atoms with Gasteiger partial charge >= 0.3 is 0 Å². The summed E-state index contributed by atoms with van der Waals surface area (Å²) in [7, 11) is 0.